The Hall–Kier alpha value is -1.56. The van der Waals surface area contributed by atoms with Gasteiger partial charge in [-0.25, -0.2) is 4.39 Å². The van der Waals surface area contributed by atoms with Crippen LogP contribution in [0.15, 0.2) is 24.3 Å². The lowest BCUT2D eigenvalue weighted by molar-refractivity contribution is -0.133. The van der Waals surface area contributed by atoms with Crippen molar-refractivity contribution in [2.24, 2.45) is 5.92 Å². The van der Waals surface area contributed by atoms with Gasteiger partial charge >= 0.3 is 0 Å². The van der Waals surface area contributed by atoms with Crippen LogP contribution in [0, 0.1) is 11.7 Å². The Morgan fingerprint density at radius 2 is 1.75 bits per heavy atom. The number of carbonyl (C=O) groups excluding carboxylic acids is 2. The van der Waals surface area contributed by atoms with Crippen LogP contribution in [-0.4, -0.2) is 51.9 Å². The van der Waals surface area contributed by atoms with Gasteiger partial charge in [-0.1, -0.05) is 25.7 Å². The lowest BCUT2D eigenvalue weighted by Gasteiger charge is -2.44. The molecule has 152 valence electrons. The van der Waals surface area contributed by atoms with E-state index in [2.05, 4.69) is 0 Å². The van der Waals surface area contributed by atoms with Crippen molar-refractivity contribution in [1.29, 1.82) is 0 Å². The molecule has 6 heteroatoms. The lowest BCUT2D eigenvalue weighted by atomic mass is 9.98. The predicted molar refractivity (Wildman–Crippen MR) is 110 cm³/mol. The van der Waals surface area contributed by atoms with E-state index in [1.807, 2.05) is 21.6 Å². The van der Waals surface area contributed by atoms with Crippen molar-refractivity contribution in [3.8, 4) is 0 Å². The molecule has 0 aromatic heterocycles. The number of nitrogens with zero attached hydrogens (tertiary/aromatic N) is 2. The number of benzene rings is 1. The Morgan fingerprint density at radius 1 is 1.07 bits per heavy atom. The average molecular weight is 405 g/mol. The van der Waals surface area contributed by atoms with Crippen LogP contribution in [0.1, 0.15) is 61.7 Å². The summed E-state index contributed by atoms with van der Waals surface area (Å²) in [6.07, 6.45) is 8.55. The first-order valence-electron chi connectivity index (χ1n) is 10.6. The largest absolute Gasteiger partial charge is 0.342 e. The van der Waals surface area contributed by atoms with Crippen LogP contribution in [0.4, 0.5) is 4.39 Å². The zero-order valence-corrected chi connectivity index (χ0v) is 17.2. The molecular weight excluding hydrogens is 375 g/mol. The van der Waals surface area contributed by atoms with Crippen molar-refractivity contribution in [3.63, 3.8) is 0 Å². The topological polar surface area (TPSA) is 40.6 Å². The van der Waals surface area contributed by atoms with Gasteiger partial charge in [-0.2, -0.15) is 0 Å². The van der Waals surface area contributed by atoms with Crippen molar-refractivity contribution in [1.82, 2.24) is 9.80 Å². The van der Waals surface area contributed by atoms with Crippen molar-refractivity contribution < 1.29 is 14.0 Å². The van der Waals surface area contributed by atoms with Gasteiger partial charge in [-0.15, -0.1) is 11.8 Å². The summed E-state index contributed by atoms with van der Waals surface area (Å²) in [5, 5.41) is 0. The third kappa shape index (κ3) is 4.07. The van der Waals surface area contributed by atoms with Gasteiger partial charge in [0, 0.05) is 37.4 Å². The summed E-state index contributed by atoms with van der Waals surface area (Å²) in [6.45, 7) is 2.17. The minimum absolute atomic E-state index is 0.0222. The van der Waals surface area contributed by atoms with E-state index in [0.29, 0.717) is 12.0 Å². The van der Waals surface area contributed by atoms with E-state index in [1.54, 1.807) is 12.1 Å². The second-order valence-corrected chi connectivity index (χ2v) is 9.79. The van der Waals surface area contributed by atoms with Crippen LogP contribution in [0.5, 0.6) is 0 Å². The van der Waals surface area contributed by atoms with E-state index in [9.17, 15) is 14.0 Å². The van der Waals surface area contributed by atoms with Crippen LogP contribution in [0.3, 0.4) is 0 Å². The van der Waals surface area contributed by atoms with Gasteiger partial charge in [0.15, 0.2) is 0 Å². The van der Waals surface area contributed by atoms with Crippen LogP contribution >= 0.6 is 11.8 Å². The van der Waals surface area contributed by atoms with E-state index >= 15 is 0 Å². The molecule has 2 saturated heterocycles. The minimum atomic E-state index is -0.327. The molecule has 2 aliphatic heterocycles. The molecule has 1 spiro atoms. The predicted octanol–water partition coefficient (Wildman–Crippen LogP) is 4.30. The lowest BCUT2D eigenvalue weighted by Crippen LogP contribution is -2.53. The molecule has 1 aliphatic carbocycles. The summed E-state index contributed by atoms with van der Waals surface area (Å²) in [7, 11) is 0. The molecule has 1 saturated carbocycles. The van der Waals surface area contributed by atoms with Crippen LogP contribution < -0.4 is 0 Å². The maximum Gasteiger partial charge on any atom is 0.254 e. The summed E-state index contributed by atoms with van der Waals surface area (Å²) in [4.78, 5) is 29.4. The Morgan fingerprint density at radius 3 is 2.43 bits per heavy atom. The quantitative estimate of drug-likeness (QED) is 0.751. The smallest absolute Gasteiger partial charge is 0.254 e. The Labute approximate surface area is 170 Å². The summed E-state index contributed by atoms with van der Waals surface area (Å²) in [5.74, 6) is 1.59. The zero-order valence-electron chi connectivity index (χ0n) is 16.4. The average Bonchev–Trinajstić information content (AvgIpc) is 3.37. The monoisotopic (exact) mass is 404 g/mol. The fourth-order valence-electron chi connectivity index (χ4n) is 4.95. The number of carbonyl (C=O) groups is 2. The molecule has 0 N–H and O–H groups in total. The number of thioether (sulfide) groups is 1. The summed E-state index contributed by atoms with van der Waals surface area (Å²) in [6, 6.07) is 5.82. The number of hydrogen-bond donors (Lipinski definition) is 0. The highest BCUT2D eigenvalue weighted by Gasteiger charge is 2.47. The van der Waals surface area contributed by atoms with E-state index in [4.69, 9.17) is 0 Å². The van der Waals surface area contributed by atoms with Crippen molar-refractivity contribution in [3.05, 3.63) is 35.6 Å². The number of rotatable bonds is 4. The standard InChI is InChI=1S/C22H29FN2O2S/c23-19-8-6-18(7-9-19)21(27)25-15-16-28-22(25)11-13-24(14-12-22)20(26)10-5-17-3-1-2-4-17/h6-9,17H,1-5,10-16H2. The van der Waals surface area contributed by atoms with E-state index < -0.39 is 0 Å². The highest BCUT2D eigenvalue weighted by Crippen LogP contribution is 2.44. The van der Waals surface area contributed by atoms with Gasteiger partial charge in [-0.3, -0.25) is 9.59 Å². The van der Waals surface area contributed by atoms with Crippen LogP contribution in [-0.2, 0) is 4.79 Å². The molecule has 0 bridgehead atoms. The zero-order chi connectivity index (χ0) is 19.6. The summed E-state index contributed by atoms with van der Waals surface area (Å²) in [5.41, 5.74) is 0.540. The first-order valence-corrected chi connectivity index (χ1v) is 11.6. The third-order valence-electron chi connectivity index (χ3n) is 6.65. The minimum Gasteiger partial charge on any atom is -0.342 e. The summed E-state index contributed by atoms with van der Waals surface area (Å²) < 4.78 is 13.2. The number of hydrogen-bond acceptors (Lipinski definition) is 3. The molecule has 3 aliphatic rings. The van der Waals surface area contributed by atoms with Crippen LogP contribution in [0.2, 0.25) is 0 Å². The number of likely N-dealkylation sites (tertiary alicyclic amines) is 1. The summed E-state index contributed by atoms with van der Waals surface area (Å²) >= 11 is 1.84. The molecule has 28 heavy (non-hydrogen) atoms. The molecule has 1 aromatic carbocycles. The molecule has 2 heterocycles. The Bertz CT molecular complexity index is 710. The first-order chi connectivity index (χ1) is 13.6. The normalized spacial score (nSPS) is 22.2. The first kappa shape index (κ1) is 19.7. The molecule has 0 unspecified atom stereocenters. The van der Waals surface area contributed by atoms with E-state index in [0.717, 1.165) is 50.6 Å². The fraction of sp³-hybridized carbons (Fsp3) is 0.636. The number of amides is 2. The molecule has 1 aromatic rings. The van der Waals surface area contributed by atoms with Crippen LogP contribution in [0.25, 0.3) is 0 Å². The highest BCUT2D eigenvalue weighted by molar-refractivity contribution is 8.00. The fourth-order valence-corrected chi connectivity index (χ4v) is 6.40. The van der Waals surface area contributed by atoms with Crippen molar-refractivity contribution >= 4 is 23.6 Å². The number of halogens is 1. The third-order valence-corrected chi connectivity index (χ3v) is 8.21. The molecular formula is C22H29FN2O2S. The Balaban J connectivity index is 1.34. The second-order valence-electron chi connectivity index (χ2n) is 8.33. The van der Waals surface area contributed by atoms with Gasteiger partial charge in [0.2, 0.25) is 5.91 Å². The van der Waals surface area contributed by atoms with Gasteiger partial charge in [0.25, 0.3) is 5.91 Å². The van der Waals surface area contributed by atoms with Crippen molar-refractivity contribution in [2.75, 3.05) is 25.4 Å². The van der Waals surface area contributed by atoms with Gasteiger partial charge in [-0.05, 0) is 49.4 Å². The molecule has 4 nitrogen and oxygen atoms in total. The van der Waals surface area contributed by atoms with Gasteiger partial charge < -0.3 is 9.80 Å². The van der Waals surface area contributed by atoms with E-state index in [-0.39, 0.29) is 22.5 Å². The highest BCUT2D eigenvalue weighted by atomic mass is 32.2. The van der Waals surface area contributed by atoms with Crippen molar-refractivity contribution in [2.45, 2.75) is 56.2 Å². The molecule has 4 rings (SSSR count). The maximum atomic E-state index is 13.2. The SMILES string of the molecule is O=C(CCC1CCCC1)N1CCC2(CC1)SCCN2C(=O)c1ccc(F)cc1. The molecule has 3 fully saturated rings. The second kappa shape index (κ2) is 8.44. The van der Waals surface area contributed by atoms with Gasteiger partial charge in [0.1, 0.15) is 5.82 Å². The maximum absolute atomic E-state index is 13.2. The molecule has 0 radical (unpaired) electrons. The molecule has 2 amide bonds. The molecule has 0 atom stereocenters. The number of piperidine rings is 1. The van der Waals surface area contributed by atoms with Gasteiger partial charge in [0.05, 0.1) is 4.87 Å². The van der Waals surface area contributed by atoms with E-state index in [1.165, 1.54) is 37.8 Å². The Kier molecular flexibility index (Phi) is 5.95.